The van der Waals surface area contributed by atoms with E-state index < -0.39 is 8.15 Å². The molecule has 0 aliphatic heterocycles. The second-order valence-electron chi connectivity index (χ2n) is 3.85. The molecule has 5 heteroatoms. The van der Waals surface area contributed by atoms with E-state index >= 15 is 0 Å². The molecule has 0 unspecified atom stereocenters. The van der Waals surface area contributed by atoms with E-state index in [1.54, 1.807) is 0 Å². The first-order valence-corrected chi connectivity index (χ1v) is 8.94. The summed E-state index contributed by atoms with van der Waals surface area (Å²) in [6.45, 7) is 4.28. The topological polar surface area (TPSA) is 23.1 Å². The van der Waals surface area contributed by atoms with Gasteiger partial charge in [-0.3, -0.25) is 0 Å². The van der Waals surface area contributed by atoms with Crippen molar-refractivity contribution >= 4 is 8.15 Å². The molecular formula is C13H23Br2IrOP. The number of halogens is 2. The molecule has 0 aromatic rings. The Balaban J connectivity index is -0.000000244. The average molecular weight is 578 g/mol. The van der Waals surface area contributed by atoms with Crippen molar-refractivity contribution < 1.29 is 57.8 Å². The fourth-order valence-corrected chi connectivity index (χ4v) is 3.27. The van der Waals surface area contributed by atoms with Crippen molar-refractivity contribution in [2.45, 2.75) is 46.0 Å². The van der Waals surface area contributed by atoms with Crippen LogP contribution in [0.5, 0.6) is 0 Å². The number of unbranched alkanes of at least 4 members (excludes halogenated alkanes) is 2. The van der Waals surface area contributed by atoms with Crippen LogP contribution in [-0.2, 0) is 18.9 Å². The van der Waals surface area contributed by atoms with Crippen LogP contribution in [0.25, 0.3) is 0 Å². The van der Waals surface area contributed by atoms with Crippen LogP contribution in [0.15, 0.2) is 22.3 Å². The third-order valence-corrected chi connectivity index (χ3v) is 4.75. The summed E-state index contributed by atoms with van der Waals surface area (Å²) in [4.78, 5) is 11.1. The van der Waals surface area contributed by atoms with Crippen LogP contribution in [0.2, 0.25) is 0 Å². The molecule has 0 heterocycles. The van der Waals surface area contributed by atoms with Crippen molar-refractivity contribution in [3.63, 3.8) is 0 Å². The van der Waals surface area contributed by atoms with Gasteiger partial charge < -0.3 is 38.9 Å². The summed E-state index contributed by atoms with van der Waals surface area (Å²) in [5.41, 5.74) is 0. The third kappa shape index (κ3) is 17.5. The minimum absolute atomic E-state index is 0. The van der Waals surface area contributed by atoms with E-state index in [1.165, 1.54) is 23.3 Å². The van der Waals surface area contributed by atoms with Crippen LogP contribution < -0.4 is 38.9 Å². The van der Waals surface area contributed by atoms with Gasteiger partial charge in [-0.05, 0) is 12.3 Å². The Labute approximate surface area is 145 Å². The van der Waals surface area contributed by atoms with Crippen molar-refractivity contribution in [1.29, 1.82) is 0 Å². The molecule has 1 nitrogen and oxygen atoms in total. The molecule has 18 heavy (non-hydrogen) atoms. The maximum absolute atomic E-state index is 11.1. The molecule has 1 rings (SSSR count). The number of rotatable bonds is 6. The minimum atomic E-state index is -0.842. The zero-order chi connectivity index (χ0) is 12.2. The van der Waals surface area contributed by atoms with Crippen molar-refractivity contribution in [3.8, 4) is 0 Å². The molecule has 0 amide bonds. The van der Waals surface area contributed by atoms with Gasteiger partial charge in [-0.1, -0.05) is 39.5 Å². The van der Waals surface area contributed by atoms with Gasteiger partial charge in [0.2, 0.25) is 0 Å². The van der Waals surface area contributed by atoms with E-state index in [0.29, 0.717) is 0 Å². The molecule has 1 aliphatic carbocycles. The summed E-state index contributed by atoms with van der Waals surface area (Å²) < 4.78 is 1.47. The molecule has 0 fully saturated rings. The molecule has 0 saturated heterocycles. The summed E-state index contributed by atoms with van der Waals surface area (Å²) >= 11 is 2.14. The molecule has 0 bridgehead atoms. The van der Waals surface area contributed by atoms with E-state index in [9.17, 15) is 4.89 Å². The van der Waals surface area contributed by atoms with Crippen LogP contribution in [0, 0.1) is 0 Å². The van der Waals surface area contributed by atoms with E-state index in [2.05, 4.69) is 51.0 Å². The Morgan fingerprint density at radius 1 is 1.17 bits per heavy atom. The van der Waals surface area contributed by atoms with Gasteiger partial charge in [-0.25, -0.2) is 8.15 Å². The Kier molecular flexibility index (Phi) is 25.1. The molecule has 0 atom stereocenters. The number of allylic oxidation sites excluding steroid dienone is 4. The summed E-state index contributed by atoms with van der Waals surface area (Å²) in [7, 11) is -0.842. The standard InChI is InChI=1S/C8H18OP.C5H5.2BrH.Ir/c1-3-5-7-10(9)8-6-4-2;1-2-4-5-3-1;;;/h3-8H2,1-2H3;1-3H,4H2;2*1H;/q-1;;;;+3/p-2. The first kappa shape index (κ1) is 24.5. The van der Waals surface area contributed by atoms with Crippen LogP contribution in [-0.4, -0.2) is 12.3 Å². The van der Waals surface area contributed by atoms with E-state index in [4.69, 9.17) is 0 Å². The molecule has 0 N–H and O–H groups in total. The van der Waals surface area contributed by atoms with E-state index in [0.717, 1.165) is 25.2 Å². The normalized spacial score (nSPS) is 12.1. The molecular weight excluding hydrogens is 555 g/mol. The summed E-state index contributed by atoms with van der Waals surface area (Å²) in [6.07, 6.45) is 14.1. The third-order valence-electron chi connectivity index (χ3n) is 2.23. The Morgan fingerprint density at radius 3 is 1.89 bits per heavy atom. The van der Waals surface area contributed by atoms with Gasteiger partial charge in [-0.15, -0.1) is 0 Å². The first-order valence-electron chi connectivity index (χ1n) is 6.11. The fraction of sp³-hybridized carbons (Fsp3) is 0.692. The fourth-order valence-electron chi connectivity index (χ4n) is 1.19. The van der Waals surface area contributed by atoms with Crippen LogP contribution in [0.3, 0.4) is 0 Å². The molecule has 0 radical (unpaired) electrons. The Morgan fingerprint density at radius 2 is 1.67 bits per heavy atom. The Hall–Kier alpha value is 1.48. The van der Waals surface area contributed by atoms with Crippen molar-refractivity contribution in [3.05, 3.63) is 22.3 Å². The van der Waals surface area contributed by atoms with Gasteiger partial charge in [0, 0.05) is 0 Å². The quantitative estimate of drug-likeness (QED) is 0.327. The molecule has 0 saturated carbocycles. The van der Waals surface area contributed by atoms with E-state index in [1.807, 2.05) is 0 Å². The molecule has 0 aromatic heterocycles. The van der Waals surface area contributed by atoms with E-state index in [-0.39, 0.29) is 34.0 Å². The molecule has 0 aromatic carbocycles. The van der Waals surface area contributed by atoms with Crippen molar-refractivity contribution in [1.82, 2.24) is 0 Å². The van der Waals surface area contributed by atoms with Crippen LogP contribution in [0.1, 0.15) is 46.0 Å². The number of hydrogen-bond acceptors (Lipinski definition) is 1. The van der Waals surface area contributed by atoms with Gasteiger partial charge in [0.1, 0.15) is 0 Å². The van der Waals surface area contributed by atoms with Crippen LogP contribution >= 0.6 is 8.15 Å². The van der Waals surface area contributed by atoms with Gasteiger partial charge in [-0.2, -0.15) is 0 Å². The SMILES string of the molecule is CCCCP([O-])CCCC.[Br-].[Br-].[Ir+3][C]1=CC=CC1. The van der Waals surface area contributed by atoms with Gasteiger partial charge in [0.05, 0.1) is 0 Å². The van der Waals surface area contributed by atoms with Crippen molar-refractivity contribution in [2.24, 2.45) is 0 Å². The first-order chi connectivity index (χ1) is 7.70. The summed E-state index contributed by atoms with van der Waals surface area (Å²) in [6, 6.07) is 0. The zero-order valence-electron chi connectivity index (χ0n) is 11.1. The summed E-state index contributed by atoms with van der Waals surface area (Å²) in [5.74, 6) is 0. The summed E-state index contributed by atoms with van der Waals surface area (Å²) in [5, 5.41) is 0. The van der Waals surface area contributed by atoms with Gasteiger partial charge >= 0.3 is 47.6 Å². The van der Waals surface area contributed by atoms with Crippen molar-refractivity contribution in [2.75, 3.05) is 12.3 Å². The predicted molar refractivity (Wildman–Crippen MR) is 68.3 cm³/mol. The molecule has 109 valence electrons. The second kappa shape index (κ2) is 18.5. The number of hydrogen-bond donors (Lipinski definition) is 0. The predicted octanol–water partition coefficient (Wildman–Crippen LogP) is -2.27. The maximum atomic E-state index is 11.1. The molecule has 0 spiro atoms. The van der Waals surface area contributed by atoms with Gasteiger partial charge in [0.15, 0.2) is 0 Å². The van der Waals surface area contributed by atoms with Gasteiger partial charge in [0.25, 0.3) is 0 Å². The monoisotopic (exact) mass is 577 g/mol. The second-order valence-corrected chi connectivity index (χ2v) is 7.25. The Bertz CT molecular complexity index is 215. The zero-order valence-corrected chi connectivity index (χ0v) is 17.6. The average Bonchev–Trinajstić information content (AvgIpc) is 2.75. The molecule has 1 aliphatic rings. The van der Waals surface area contributed by atoms with Crippen LogP contribution in [0.4, 0.5) is 0 Å².